The number of carbonyl (C=O) groups is 3. The first-order valence-corrected chi connectivity index (χ1v) is 10.9. The van der Waals surface area contributed by atoms with Crippen LogP contribution in [-0.4, -0.2) is 57.2 Å². The van der Waals surface area contributed by atoms with Crippen LogP contribution >= 0.6 is 11.8 Å². The van der Waals surface area contributed by atoms with Crippen molar-refractivity contribution in [2.75, 3.05) is 12.9 Å². The summed E-state index contributed by atoms with van der Waals surface area (Å²) in [4.78, 5) is 54.7. The molecule has 9 nitrogen and oxygen atoms in total. The second kappa shape index (κ2) is 8.27. The minimum Gasteiger partial charge on any atom is -0.463 e. The Balaban J connectivity index is 1.69. The number of aryl methyl sites for hydroxylation is 1. The number of nitrogens with zero attached hydrogens (tertiary/aromatic N) is 3. The van der Waals surface area contributed by atoms with Gasteiger partial charge in [-0.15, -0.1) is 0 Å². The zero-order valence-corrected chi connectivity index (χ0v) is 18.0. The first kappa shape index (κ1) is 21.3. The van der Waals surface area contributed by atoms with E-state index in [4.69, 9.17) is 9.47 Å². The van der Waals surface area contributed by atoms with Crippen molar-refractivity contribution >= 4 is 29.5 Å². The van der Waals surface area contributed by atoms with Gasteiger partial charge in [0.2, 0.25) is 0 Å². The lowest BCUT2D eigenvalue weighted by Gasteiger charge is -2.25. The van der Waals surface area contributed by atoms with Crippen LogP contribution in [-0.2, 0) is 14.3 Å². The Kier molecular flexibility index (Phi) is 5.67. The molecule has 1 aromatic carbocycles. The molecular formula is C21H21N3O6S. The van der Waals surface area contributed by atoms with Crippen LogP contribution in [0.5, 0.6) is 0 Å². The Hall–Kier alpha value is -2.98. The Morgan fingerprint density at radius 3 is 2.45 bits per heavy atom. The van der Waals surface area contributed by atoms with Gasteiger partial charge in [-0.05, 0) is 25.3 Å². The summed E-state index contributed by atoms with van der Waals surface area (Å²) < 4.78 is 13.0. The number of carbonyl (C=O) groups excluding carboxylic acids is 3. The van der Waals surface area contributed by atoms with Gasteiger partial charge in [0.1, 0.15) is 18.9 Å². The summed E-state index contributed by atoms with van der Waals surface area (Å²) in [7, 11) is 0. The molecule has 2 amide bonds. The molecule has 2 aliphatic rings. The highest BCUT2D eigenvalue weighted by molar-refractivity contribution is 7.98. The van der Waals surface area contributed by atoms with E-state index in [1.54, 1.807) is 48.2 Å². The lowest BCUT2D eigenvalue weighted by Crippen LogP contribution is -2.46. The fourth-order valence-corrected chi connectivity index (χ4v) is 4.48. The number of thioether (sulfide) groups is 1. The predicted octanol–water partition coefficient (Wildman–Crippen LogP) is 1.79. The maximum absolute atomic E-state index is 13.0. The van der Waals surface area contributed by atoms with Crippen molar-refractivity contribution in [2.24, 2.45) is 0 Å². The lowest BCUT2D eigenvalue weighted by atomic mass is 10.1. The highest BCUT2D eigenvalue weighted by Gasteiger charge is 2.48. The van der Waals surface area contributed by atoms with Crippen LogP contribution in [0.4, 0.5) is 0 Å². The van der Waals surface area contributed by atoms with Gasteiger partial charge < -0.3 is 14.0 Å². The topological polar surface area (TPSA) is 108 Å². The largest absolute Gasteiger partial charge is 0.463 e. The highest BCUT2D eigenvalue weighted by atomic mass is 32.2. The van der Waals surface area contributed by atoms with Crippen LogP contribution in [0.3, 0.4) is 0 Å². The third-order valence-electron chi connectivity index (χ3n) is 5.39. The molecule has 0 unspecified atom stereocenters. The van der Waals surface area contributed by atoms with Gasteiger partial charge in [-0.1, -0.05) is 23.9 Å². The molecule has 1 saturated heterocycles. The third-order valence-corrected chi connectivity index (χ3v) is 6.06. The molecule has 0 saturated carbocycles. The molecule has 0 spiro atoms. The normalized spacial score (nSPS) is 22.7. The van der Waals surface area contributed by atoms with E-state index in [1.807, 2.05) is 0 Å². The molecular weight excluding hydrogens is 422 g/mol. The molecule has 31 heavy (non-hydrogen) atoms. The predicted molar refractivity (Wildman–Crippen MR) is 111 cm³/mol. The zero-order valence-electron chi connectivity index (χ0n) is 17.2. The second-order valence-corrected chi connectivity index (χ2v) is 8.16. The number of imide groups is 1. The Bertz CT molecular complexity index is 1100. The standard InChI is InChI=1S/C21H21N3O6S/c1-11-9-23(21(31-3)22-18(11)26)17-8-15(16(30-17)10-29-12(2)25)24-19(27)13-6-4-5-7-14(13)20(24)28/h4-7,9,15-17H,8,10H2,1-3H3/t15-,16+,17+/m0/s1. The van der Waals surface area contributed by atoms with E-state index in [-0.39, 0.29) is 18.6 Å². The molecule has 3 heterocycles. The monoisotopic (exact) mass is 443 g/mol. The summed E-state index contributed by atoms with van der Waals surface area (Å²) in [6.07, 6.45) is 2.41. The van der Waals surface area contributed by atoms with E-state index >= 15 is 0 Å². The van der Waals surface area contributed by atoms with Crippen molar-refractivity contribution in [2.45, 2.75) is 43.8 Å². The van der Waals surface area contributed by atoms with Crippen molar-refractivity contribution in [3.05, 3.63) is 57.5 Å². The first-order valence-electron chi connectivity index (χ1n) is 9.71. The Morgan fingerprint density at radius 1 is 1.23 bits per heavy atom. The van der Waals surface area contributed by atoms with Gasteiger partial charge in [0.05, 0.1) is 17.2 Å². The fraction of sp³-hybridized carbons (Fsp3) is 0.381. The number of esters is 1. The number of hydrogen-bond donors (Lipinski definition) is 0. The molecule has 4 rings (SSSR count). The van der Waals surface area contributed by atoms with E-state index in [2.05, 4.69) is 4.98 Å². The van der Waals surface area contributed by atoms with Crippen LogP contribution in [0, 0.1) is 6.92 Å². The molecule has 2 aliphatic heterocycles. The number of amides is 2. The molecule has 0 radical (unpaired) electrons. The van der Waals surface area contributed by atoms with E-state index in [0.717, 1.165) is 0 Å². The smallest absolute Gasteiger partial charge is 0.302 e. The van der Waals surface area contributed by atoms with Gasteiger partial charge in [-0.2, -0.15) is 4.98 Å². The van der Waals surface area contributed by atoms with Crippen LogP contribution in [0.15, 0.2) is 40.4 Å². The molecule has 0 N–H and O–H groups in total. The van der Waals surface area contributed by atoms with Crippen LogP contribution in [0.25, 0.3) is 0 Å². The van der Waals surface area contributed by atoms with Crippen molar-refractivity contribution in [1.82, 2.24) is 14.5 Å². The van der Waals surface area contributed by atoms with Crippen molar-refractivity contribution in [3.63, 3.8) is 0 Å². The molecule has 1 aromatic heterocycles. The SMILES string of the molecule is CSc1nc(=O)c(C)cn1[C@H]1C[C@H](N2C(=O)c3ccccc3C2=O)[C@@H](COC(C)=O)O1. The van der Waals surface area contributed by atoms with Gasteiger partial charge >= 0.3 is 5.97 Å². The van der Waals surface area contributed by atoms with E-state index in [9.17, 15) is 19.2 Å². The average molecular weight is 443 g/mol. The van der Waals surface area contributed by atoms with E-state index < -0.39 is 36.2 Å². The van der Waals surface area contributed by atoms with Crippen molar-refractivity contribution in [1.29, 1.82) is 0 Å². The number of rotatable bonds is 5. The van der Waals surface area contributed by atoms with Gasteiger partial charge in [0.15, 0.2) is 5.16 Å². The fourth-order valence-electron chi connectivity index (χ4n) is 3.93. The van der Waals surface area contributed by atoms with Gasteiger partial charge in [0, 0.05) is 25.1 Å². The Labute approximate surface area is 182 Å². The second-order valence-electron chi connectivity index (χ2n) is 7.38. The summed E-state index contributed by atoms with van der Waals surface area (Å²) in [5, 5.41) is 0.454. The van der Waals surface area contributed by atoms with Crippen molar-refractivity contribution in [3.8, 4) is 0 Å². The number of hydrogen-bond acceptors (Lipinski definition) is 8. The summed E-state index contributed by atoms with van der Waals surface area (Å²) in [6.45, 7) is 2.83. The Morgan fingerprint density at radius 2 is 1.87 bits per heavy atom. The summed E-state index contributed by atoms with van der Waals surface area (Å²) in [5.74, 6) is -1.29. The maximum atomic E-state index is 13.0. The highest BCUT2D eigenvalue weighted by Crippen LogP contribution is 2.37. The van der Waals surface area contributed by atoms with Crippen molar-refractivity contribution < 1.29 is 23.9 Å². The minimum atomic E-state index is -0.717. The van der Waals surface area contributed by atoms with E-state index in [0.29, 0.717) is 21.8 Å². The number of aromatic nitrogens is 2. The molecule has 3 atom stereocenters. The van der Waals surface area contributed by atoms with E-state index in [1.165, 1.54) is 23.6 Å². The molecule has 0 aliphatic carbocycles. The summed E-state index contributed by atoms with van der Waals surface area (Å²) in [5.41, 5.74) is 0.801. The lowest BCUT2D eigenvalue weighted by molar-refractivity contribution is -0.146. The summed E-state index contributed by atoms with van der Waals surface area (Å²) in [6, 6.07) is 6.00. The van der Waals surface area contributed by atoms with Gasteiger partial charge in [0.25, 0.3) is 17.4 Å². The molecule has 2 aromatic rings. The van der Waals surface area contributed by atoms with Gasteiger partial charge in [-0.3, -0.25) is 24.1 Å². The zero-order chi connectivity index (χ0) is 22.3. The quantitative estimate of drug-likeness (QED) is 0.298. The number of benzene rings is 1. The van der Waals surface area contributed by atoms with Gasteiger partial charge in [-0.25, -0.2) is 0 Å². The molecule has 0 bridgehead atoms. The van der Waals surface area contributed by atoms with Crippen LogP contribution in [0.1, 0.15) is 45.9 Å². The minimum absolute atomic E-state index is 0.106. The number of fused-ring (bicyclic) bond motifs is 1. The average Bonchev–Trinajstić information content (AvgIpc) is 3.27. The van der Waals surface area contributed by atoms with Crippen LogP contribution in [0.2, 0.25) is 0 Å². The third kappa shape index (κ3) is 3.77. The first-order chi connectivity index (χ1) is 14.8. The molecule has 10 heteroatoms. The number of ether oxygens (including phenoxy) is 2. The molecule has 1 fully saturated rings. The van der Waals surface area contributed by atoms with Crippen LogP contribution < -0.4 is 5.56 Å². The molecule has 162 valence electrons. The maximum Gasteiger partial charge on any atom is 0.302 e. The summed E-state index contributed by atoms with van der Waals surface area (Å²) >= 11 is 1.29.